The van der Waals surface area contributed by atoms with Crippen molar-refractivity contribution in [2.45, 2.75) is 57.7 Å². The van der Waals surface area contributed by atoms with E-state index in [0.29, 0.717) is 31.5 Å². The predicted octanol–water partition coefficient (Wildman–Crippen LogP) is 2.24. The molecule has 9 heteroatoms. The first kappa shape index (κ1) is 26.3. The predicted molar refractivity (Wildman–Crippen MR) is 139 cm³/mol. The fourth-order valence-electron chi connectivity index (χ4n) is 4.95. The van der Waals surface area contributed by atoms with Crippen LogP contribution < -0.4 is 16.0 Å². The zero-order chi connectivity index (χ0) is 26.4. The Balaban J connectivity index is 1.43. The lowest BCUT2D eigenvalue weighted by Gasteiger charge is -2.39. The molecular weight excluding hydrogens is 472 g/mol. The lowest BCUT2D eigenvalue weighted by molar-refractivity contribution is -0.147. The maximum Gasteiger partial charge on any atom is 0.326 e. The maximum atomic E-state index is 13.5. The van der Waals surface area contributed by atoms with E-state index < -0.39 is 24.0 Å². The average molecular weight is 507 g/mol. The molecule has 4 N–H and O–H groups in total. The number of nitrogens with zero attached hydrogens (tertiary/aromatic N) is 1. The van der Waals surface area contributed by atoms with Gasteiger partial charge in [-0.25, -0.2) is 4.79 Å². The molecule has 2 atom stereocenters. The van der Waals surface area contributed by atoms with Crippen LogP contribution in [0.2, 0.25) is 0 Å². The number of rotatable bonds is 8. The van der Waals surface area contributed by atoms with Gasteiger partial charge in [-0.15, -0.1) is 0 Å². The highest BCUT2D eigenvalue weighted by Gasteiger charge is 2.38. The summed E-state index contributed by atoms with van der Waals surface area (Å²) in [6.07, 6.45) is 1.60. The fourth-order valence-corrected chi connectivity index (χ4v) is 4.95. The van der Waals surface area contributed by atoms with Crippen LogP contribution in [-0.4, -0.2) is 58.9 Å². The molecule has 0 unspecified atom stereocenters. The van der Waals surface area contributed by atoms with Crippen LogP contribution in [0.5, 0.6) is 0 Å². The van der Waals surface area contributed by atoms with Crippen LogP contribution in [0, 0.1) is 12.8 Å². The number of hydrogen-bond acceptors (Lipinski definition) is 5. The number of aliphatic carboxylic acids is 1. The van der Waals surface area contributed by atoms with Crippen LogP contribution in [0.15, 0.2) is 48.5 Å². The van der Waals surface area contributed by atoms with Gasteiger partial charge >= 0.3 is 5.97 Å². The van der Waals surface area contributed by atoms with Gasteiger partial charge in [0.25, 0.3) is 0 Å². The third-order valence-corrected chi connectivity index (χ3v) is 7.13. The van der Waals surface area contributed by atoms with Crippen molar-refractivity contribution in [2.75, 3.05) is 18.4 Å². The highest BCUT2D eigenvalue weighted by molar-refractivity contribution is 5.93. The summed E-state index contributed by atoms with van der Waals surface area (Å²) in [5.74, 6) is -2.30. The minimum atomic E-state index is -1.25. The number of carboxylic acids is 1. The van der Waals surface area contributed by atoms with Gasteiger partial charge < -0.3 is 26.0 Å². The van der Waals surface area contributed by atoms with Gasteiger partial charge in [-0.05, 0) is 62.5 Å². The van der Waals surface area contributed by atoms with E-state index in [9.17, 15) is 24.3 Å². The minimum absolute atomic E-state index is 0.0652. The number of anilines is 1. The Morgan fingerprint density at radius 2 is 1.70 bits per heavy atom. The molecule has 9 nitrogen and oxygen atoms in total. The second-order valence-corrected chi connectivity index (χ2v) is 9.83. The summed E-state index contributed by atoms with van der Waals surface area (Å²) in [7, 11) is 0. The number of piperidine rings is 1. The van der Waals surface area contributed by atoms with Crippen molar-refractivity contribution in [3.8, 4) is 0 Å². The summed E-state index contributed by atoms with van der Waals surface area (Å²) in [4.78, 5) is 52.8. The quantitative estimate of drug-likeness (QED) is 0.435. The highest BCUT2D eigenvalue weighted by Crippen LogP contribution is 2.27. The molecule has 37 heavy (non-hydrogen) atoms. The first-order chi connectivity index (χ1) is 17.8. The number of carbonyl (C=O) groups excluding carboxylic acids is 3. The van der Waals surface area contributed by atoms with Crippen molar-refractivity contribution in [1.29, 1.82) is 0 Å². The van der Waals surface area contributed by atoms with Crippen LogP contribution in [0.3, 0.4) is 0 Å². The van der Waals surface area contributed by atoms with Crippen LogP contribution in [0.4, 0.5) is 5.69 Å². The molecule has 2 aromatic rings. The molecule has 0 aliphatic carbocycles. The van der Waals surface area contributed by atoms with Crippen molar-refractivity contribution >= 4 is 29.4 Å². The molecule has 0 aromatic heterocycles. The zero-order valence-corrected chi connectivity index (χ0v) is 21.0. The molecule has 0 spiro atoms. The van der Waals surface area contributed by atoms with E-state index in [0.717, 1.165) is 29.8 Å². The molecule has 2 aliphatic rings. The summed E-state index contributed by atoms with van der Waals surface area (Å²) < 4.78 is 0. The summed E-state index contributed by atoms with van der Waals surface area (Å²) in [6.45, 7) is 3.76. The Kier molecular flexibility index (Phi) is 8.55. The van der Waals surface area contributed by atoms with E-state index in [4.69, 9.17) is 0 Å². The summed E-state index contributed by atoms with van der Waals surface area (Å²) in [6, 6.07) is 12.9. The monoisotopic (exact) mass is 506 g/mol. The molecular formula is C28H34N4O5. The van der Waals surface area contributed by atoms with Crippen LogP contribution in [0.25, 0.3) is 0 Å². The first-order valence-electron chi connectivity index (χ1n) is 12.8. The number of hydrogen-bond donors (Lipinski definition) is 4. The second kappa shape index (κ2) is 12.0. The van der Waals surface area contributed by atoms with Crippen molar-refractivity contribution in [1.82, 2.24) is 15.5 Å². The summed E-state index contributed by atoms with van der Waals surface area (Å²) in [5, 5.41) is 18.4. The van der Waals surface area contributed by atoms with Gasteiger partial charge in [0.15, 0.2) is 0 Å². The van der Waals surface area contributed by atoms with Gasteiger partial charge in [0.2, 0.25) is 17.7 Å². The number of carboxylic acid groups (broad SMARTS) is 1. The zero-order valence-electron chi connectivity index (χ0n) is 21.0. The van der Waals surface area contributed by atoms with Crippen LogP contribution in [0.1, 0.15) is 42.4 Å². The van der Waals surface area contributed by atoms with Crippen LogP contribution in [-0.2, 0) is 32.1 Å². The Hall–Kier alpha value is -3.72. The standard InChI is InChI=1S/C28H34N4O5/c1-18-6-8-22(9-7-18)30-25(33)11-10-23(28(36)37)31-26(34)24-16-20-4-2-3-5-21(20)17-32(24)27(35)19-12-14-29-15-13-19/h2-9,19,23-24,29H,10-17H2,1H3,(H,30,33)(H,31,34)(H,36,37)/t23-,24+/m0/s1. The normalized spacial score (nSPS) is 18.4. The summed E-state index contributed by atoms with van der Waals surface area (Å²) >= 11 is 0. The molecule has 1 fully saturated rings. The fraction of sp³-hybridized carbons (Fsp3) is 0.429. The third-order valence-electron chi connectivity index (χ3n) is 7.13. The third kappa shape index (κ3) is 6.74. The number of fused-ring (bicyclic) bond motifs is 1. The van der Waals surface area contributed by atoms with Gasteiger partial charge in [-0.2, -0.15) is 0 Å². The van der Waals surface area contributed by atoms with E-state index in [-0.39, 0.29) is 30.6 Å². The van der Waals surface area contributed by atoms with E-state index in [1.54, 1.807) is 17.0 Å². The number of aryl methyl sites for hydroxylation is 1. The molecule has 1 saturated heterocycles. The SMILES string of the molecule is Cc1ccc(NC(=O)CC[C@H](NC(=O)[C@H]2Cc3ccccc3CN2C(=O)C2CCNCC2)C(=O)O)cc1. The number of carbonyl (C=O) groups is 4. The number of benzene rings is 2. The van der Waals surface area contributed by atoms with E-state index in [2.05, 4.69) is 16.0 Å². The Labute approximate surface area is 216 Å². The van der Waals surface area contributed by atoms with Crippen LogP contribution >= 0.6 is 0 Å². The molecule has 0 radical (unpaired) electrons. The molecule has 0 bridgehead atoms. The van der Waals surface area contributed by atoms with Gasteiger partial charge in [0, 0.05) is 31.0 Å². The van der Waals surface area contributed by atoms with E-state index >= 15 is 0 Å². The van der Waals surface area contributed by atoms with Gasteiger partial charge in [-0.1, -0.05) is 42.0 Å². The van der Waals surface area contributed by atoms with Gasteiger partial charge in [0.1, 0.15) is 12.1 Å². The molecule has 2 heterocycles. The maximum absolute atomic E-state index is 13.5. The molecule has 196 valence electrons. The van der Waals surface area contributed by atoms with Crippen molar-refractivity contribution in [3.63, 3.8) is 0 Å². The number of amides is 3. The first-order valence-corrected chi connectivity index (χ1v) is 12.8. The molecule has 0 saturated carbocycles. The molecule has 3 amide bonds. The molecule has 2 aromatic carbocycles. The smallest absolute Gasteiger partial charge is 0.326 e. The molecule has 4 rings (SSSR count). The van der Waals surface area contributed by atoms with E-state index in [1.165, 1.54) is 0 Å². The number of nitrogens with one attached hydrogen (secondary N) is 3. The van der Waals surface area contributed by atoms with Gasteiger partial charge in [0.05, 0.1) is 0 Å². The average Bonchev–Trinajstić information content (AvgIpc) is 2.91. The van der Waals surface area contributed by atoms with Gasteiger partial charge in [-0.3, -0.25) is 14.4 Å². The van der Waals surface area contributed by atoms with Crippen molar-refractivity contribution in [3.05, 3.63) is 65.2 Å². The Bertz CT molecular complexity index is 1140. The molecule has 2 aliphatic heterocycles. The summed E-state index contributed by atoms with van der Waals surface area (Å²) in [5.41, 5.74) is 3.65. The highest BCUT2D eigenvalue weighted by atomic mass is 16.4. The van der Waals surface area contributed by atoms with E-state index in [1.807, 2.05) is 43.3 Å². The Morgan fingerprint density at radius 3 is 2.38 bits per heavy atom. The minimum Gasteiger partial charge on any atom is -0.480 e. The largest absolute Gasteiger partial charge is 0.480 e. The van der Waals surface area contributed by atoms with Crippen molar-refractivity contribution in [2.24, 2.45) is 5.92 Å². The van der Waals surface area contributed by atoms with Crippen molar-refractivity contribution < 1.29 is 24.3 Å². The Morgan fingerprint density at radius 1 is 1.03 bits per heavy atom. The topological polar surface area (TPSA) is 128 Å². The lowest BCUT2D eigenvalue weighted by Crippen LogP contribution is -2.57. The lowest BCUT2D eigenvalue weighted by atomic mass is 9.89. The second-order valence-electron chi connectivity index (χ2n) is 9.83.